The van der Waals surface area contributed by atoms with Gasteiger partial charge in [0.1, 0.15) is 0 Å². The van der Waals surface area contributed by atoms with Crippen molar-refractivity contribution in [2.45, 2.75) is 31.9 Å². The Bertz CT molecular complexity index is 903. The molecule has 0 unspecified atom stereocenters. The minimum Gasteiger partial charge on any atom is -0.376 e. The third kappa shape index (κ3) is 4.51. The van der Waals surface area contributed by atoms with Crippen LogP contribution in [0.2, 0.25) is 0 Å². The maximum Gasteiger partial charge on any atom is 0.317 e. The standard InChI is InChI=1S/C22H26N4O2/c27-22(24-12-9-18-14-25-21-6-2-1-5-20(18)21)26(16-19-4-3-13-28-19)15-17-7-10-23-11-8-17/h1-2,5-8,10-11,14,19,25H,3-4,9,12-13,15-16H2,(H,24,27)/t19-/m0/s1. The number of carbonyl (C=O) groups is 1. The molecule has 3 aromatic rings. The van der Waals surface area contributed by atoms with Gasteiger partial charge in [-0.15, -0.1) is 0 Å². The number of urea groups is 1. The molecule has 6 nitrogen and oxygen atoms in total. The van der Waals surface area contributed by atoms with Crippen LogP contribution < -0.4 is 5.32 Å². The molecule has 0 aliphatic carbocycles. The van der Waals surface area contributed by atoms with E-state index in [1.54, 1.807) is 12.4 Å². The number of amides is 2. The molecule has 0 bridgehead atoms. The fourth-order valence-electron chi connectivity index (χ4n) is 3.72. The van der Waals surface area contributed by atoms with Crippen LogP contribution in [0.3, 0.4) is 0 Å². The van der Waals surface area contributed by atoms with Gasteiger partial charge in [-0.05, 0) is 48.6 Å². The van der Waals surface area contributed by atoms with Crippen LogP contribution in [0.4, 0.5) is 4.79 Å². The number of rotatable bonds is 7. The molecule has 3 heterocycles. The molecule has 1 fully saturated rings. The predicted octanol–water partition coefficient (Wildman–Crippen LogP) is 3.50. The summed E-state index contributed by atoms with van der Waals surface area (Å²) in [5, 5.41) is 4.29. The number of nitrogens with one attached hydrogen (secondary N) is 2. The van der Waals surface area contributed by atoms with Gasteiger partial charge >= 0.3 is 6.03 Å². The van der Waals surface area contributed by atoms with E-state index < -0.39 is 0 Å². The Morgan fingerprint density at radius 3 is 2.93 bits per heavy atom. The fraction of sp³-hybridized carbons (Fsp3) is 0.364. The molecule has 1 atom stereocenters. The maximum atomic E-state index is 12.9. The largest absolute Gasteiger partial charge is 0.376 e. The van der Waals surface area contributed by atoms with Crippen LogP contribution in [0.15, 0.2) is 55.0 Å². The third-order valence-electron chi connectivity index (χ3n) is 5.20. The lowest BCUT2D eigenvalue weighted by molar-refractivity contribution is 0.0795. The molecule has 2 amide bonds. The number of benzene rings is 1. The van der Waals surface area contributed by atoms with Gasteiger partial charge in [-0.1, -0.05) is 18.2 Å². The first-order valence-electron chi connectivity index (χ1n) is 9.88. The minimum absolute atomic E-state index is 0.0489. The Morgan fingerprint density at radius 1 is 1.25 bits per heavy atom. The smallest absolute Gasteiger partial charge is 0.317 e. The summed E-state index contributed by atoms with van der Waals surface area (Å²) in [7, 11) is 0. The van der Waals surface area contributed by atoms with Crippen molar-refractivity contribution in [3.63, 3.8) is 0 Å². The second-order valence-corrected chi connectivity index (χ2v) is 7.21. The van der Waals surface area contributed by atoms with Gasteiger partial charge in [-0.2, -0.15) is 0 Å². The average Bonchev–Trinajstić information content (AvgIpc) is 3.38. The first-order valence-corrected chi connectivity index (χ1v) is 9.88. The second-order valence-electron chi connectivity index (χ2n) is 7.21. The van der Waals surface area contributed by atoms with Crippen LogP contribution in [0, 0.1) is 0 Å². The molecule has 146 valence electrons. The van der Waals surface area contributed by atoms with Gasteiger partial charge in [0.15, 0.2) is 0 Å². The topological polar surface area (TPSA) is 70.2 Å². The van der Waals surface area contributed by atoms with Crippen molar-refractivity contribution in [1.29, 1.82) is 0 Å². The Hall–Kier alpha value is -2.86. The molecule has 1 saturated heterocycles. The highest BCUT2D eigenvalue weighted by Gasteiger charge is 2.22. The van der Waals surface area contributed by atoms with E-state index in [4.69, 9.17) is 4.74 Å². The fourth-order valence-corrected chi connectivity index (χ4v) is 3.72. The number of hydrogen-bond donors (Lipinski definition) is 2. The van der Waals surface area contributed by atoms with E-state index in [9.17, 15) is 4.79 Å². The summed E-state index contributed by atoms with van der Waals surface area (Å²) < 4.78 is 5.74. The summed E-state index contributed by atoms with van der Waals surface area (Å²) in [6.07, 6.45) is 8.53. The van der Waals surface area contributed by atoms with E-state index in [1.165, 1.54) is 10.9 Å². The van der Waals surface area contributed by atoms with Crippen molar-refractivity contribution in [3.05, 3.63) is 66.1 Å². The molecule has 1 aliphatic heterocycles. The van der Waals surface area contributed by atoms with E-state index in [2.05, 4.69) is 27.4 Å². The number of carbonyl (C=O) groups excluding carboxylic acids is 1. The van der Waals surface area contributed by atoms with Crippen molar-refractivity contribution in [1.82, 2.24) is 20.2 Å². The van der Waals surface area contributed by atoms with Gasteiger partial charge in [0.25, 0.3) is 0 Å². The van der Waals surface area contributed by atoms with Gasteiger partial charge in [-0.25, -0.2) is 4.79 Å². The molecule has 0 saturated carbocycles. The molecule has 1 aliphatic rings. The number of aromatic nitrogens is 2. The van der Waals surface area contributed by atoms with Gasteiger partial charge < -0.3 is 19.9 Å². The predicted molar refractivity (Wildman–Crippen MR) is 109 cm³/mol. The number of ether oxygens (including phenoxy) is 1. The highest BCUT2D eigenvalue weighted by Crippen LogP contribution is 2.18. The van der Waals surface area contributed by atoms with Crippen LogP contribution in [0.5, 0.6) is 0 Å². The lowest BCUT2D eigenvalue weighted by Crippen LogP contribution is -2.43. The van der Waals surface area contributed by atoms with Crippen LogP contribution in [0.1, 0.15) is 24.0 Å². The van der Waals surface area contributed by atoms with Crippen molar-refractivity contribution in [2.75, 3.05) is 19.7 Å². The van der Waals surface area contributed by atoms with E-state index >= 15 is 0 Å². The Labute approximate surface area is 164 Å². The van der Waals surface area contributed by atoms with Crippen LogP contribution >= 0.6 is 0 Å². The number of fused-ring (bicyclic) bond motifs is 1. The monoisotopic (exact) mass is 378 g/mol. The van der Waals surface area contributed by atoms with E-state index in [0.717, 1.165) is 36.9 Å². The normalized spacial score (nSPS) is 16.4. The number of hydrogen-bond acceptors (Lipinski definition) is 3. The van der Waals surface area contributed by atoms with Crippen molar-refractivity contribution < 1.29 is 9.53 Å². The summed E-state index contributed by atoms with van der Waals surface area (Å²) in [6, 6.07) is 12.1. The summed E-state index contributed by atoms with van der Waals surface area (Å²) in [5.74, 6) is 0. The van der Waals surface area contributed by atoms with Gasteiger partial charge in [0, 0.05) is 55.7 Å². The average molecular weight is 378 g/mol. The zero-order chi connectivity index (χ0) is 19.2. The SMILES string of the molecule is O=C(NCCc1c[nH]c2ccccc12)N(Cc1ccncc1)C[C@@H]1CCCO1. The second kappa shape index (κ2) is 8.89. The Kier molecular flexibility index (Phi) is 5.87. The number of para-hydroxylation sites is 1. The zero-order valence-electron chi connectivity index (χ0n) is 15.9. The van der Waals surface area contributed by atoms with Crippen molar-refractivity contribution in [3.8, 4) is 0 Å². The van der Waals surface area contributed by atoms with Crippen LogP contribution in [-0.4, -0.2) is 46.7 Å². The third-order valence-corrected chi connectivity index (χ3v) is 5.20. The molecule has 28 heavy (non-hydrogen) atoms. The quantitative estimate of drug-likeness (QED) is 0.661. The summed E-state index contributed by atoms with van der Waals surface area (Å²) in [5.41, 5.74) is 3.41. The molecule has 4 rings (SSSR count). The molecule has 2 aromatic heterocycles. The molecule has 6 heteroatoms. The zero-order valence-corrected chi connectivity index (χ0v) is 15.9. The number of nitrogens with zero attached hydrogens (tertiary/aromatic N) is 2. The maximum absolute atomic E-state index is 12.9. The van der Waals surface area contributed by atoms with E-state index in [-0.39, 0.29) is 12.1 Å². The van der Waals surface area contributed by atoms with Crippen LogP contribution in [-0.2, 0) is 17.7 Å². The van der Waals surface area contributed by atoms with Crippen molar-refractivity contribution in [2.24, 2.45) is 0 Å². The molecular formula is C22H26N4O2. The highest BCUT2D eigenvalue weighted by atomic mass is 16.5. The summed E-state index contributed by atoms with van der Waals surface area (Å²) >= 11 is 0. The van der Waals surface area contributed by atoms with E-state index in [0.29, 0.717) is 19.6 Å². The number of H-pyrrole nitrogens is 1. The first kappa shape index (κ1) is 18.5. The summed E-state index contributed by atoms with van der Waals surface area (Å²) in [4.78, 5) is 22.1. The molecule has 1 aromatic carbocycles. The lowest BCUT2D eigenvalue weighted by atomic mass is 10.1. The van der Waals surface area contributed by atoms with Gasteiger partial charge in [0.2, 0.25) is 0 Å². The Balaban J connectivity index is 1.36. The highest BCUT2D eigenvalue weighted by molar-refractivity contribution is 5.83. The minimum atomic E-state index is -0.0489. The van der Waals surface area contributed by atoms with Gasteiger partial charge in [-0.3, -0.25) is 4.98 Å². The number of aromatic amines is 1. The molecule has 2 N–H and O–H groups in total. The first-order chi connectivity index (χ1) is 13.8. The van der Waals surface area contributed by atoms with Crippen LogP contribution in [0.25, 0.3) is 10.9 Å². The van der Waals surface area contributed by atoms with E-state index in [1.807, 2.05) is 35.4 Å². The Morgan fingerprint density at radius 2 is 2.11 bits per heavy atom. The van der Waals surface area contributed by atoms with Crippen molar-refractivity contribution >= 4 is 16.9 Å². The molecule has 0 spiro atoms. The lowest BCUT2D eigenvalue weighted by Gasteiger charge is -2.26. The number of pyridine rings is 1. The molecule has 0 radical (unpaired) electrons. The summed E-state index contributed by atoms with van der Waals surface area (Å²) in [6.45, 7) is 2.55. The van der Waals surface area contributed by atoms with Gasteiger partial charge in [0.05, 0.1) is 6.10 Å². The molecular weight excluding hydrogens is 352 g/mol.